The maximum Gasteiger partial charge on any atom is 0.191 e. The first-order chi connectivity index (χ1) is 6.35. The normalized spacial score (nSPS) is 10.6. The van der Waals surface area contributed by atoms with Gasteiger partial charge in [-0.3, -0.25) is 4.94 Å². The maximum absolute atomic E-state index is 12.0. The third-order valence-electron chi connectivity index (χ3n) is 1.64. The van der Waals surface area contributed by atoms with Crippen LogP contribution in [0.3, 0.4) is 0 Å². The molecule has 1 N–H and O–H groups in total. The molecule has 0 fully saturated rings. The van der Waals surface area contributed by atoms with E-state index in [1.54, 1.807) is 12.1 Å². The van der Waals surface area contributed by atoms with Crippen LogP contribution in [0, 0.1) is 0 Å². The second-order valence-electron chi connectivity index (χ2n) is 2.45. The zero-order valence-electron chi connectivity index (χ0n) is 6.53. The smallest absolute Gasteiger partial charge is 0.191 e. The number of aliphatic hydroxyl groups excluding tert-OH is 1. The van der Waals surface area contributed by atoms with E-state index in [1.165, 1.54) is 17.4 Å². The molecule has 1 aromatic carbocycles. The summed E-state index contributed by atoms with van der Waals surface area (Å²) in [6.07, 6.45) is 0. The number of aliphatic hydroxyl groups is 1. The van der Waals surface area contributed by atoms with Crippen molar-refractivity contribution in [2.24, 2.45) is 0 Å². The molecule has 1 aromatic heterocycles. The van der Waals surface area contributed by atoms with E-state index in [-0.39, 0.29) is 12.4 Å². The Kier molecular flexibility index (Phi) is 2.12. The van der Waals surface area contributed by atoms with Gasteiger partial charge in [-0.25, -0.2) is 4.98 Å². The van der Waals surface area contributed by atoms with Crippen molar-refractivity contribution in [1.29, 1.82) is 0 Å². The van der Waals surface area contributed by atoms with Crippen LogP contribution in [0.4, 0.5) is 4.53 Å². The molecule has 0 amide bonds. The molecular weight excluding hydrogens is 193 g/mol. The van der Waals surface area contributed by atoms with Gasteiger partial charge in [0, 0.05) is 4.53 Å². The summed E-state index contributed by atoms with van der Waals surface area (Å²) in [6.45, 7) is -0.134. The van der Waals surface area contributed by atoms with Crippen LogP contribution >= 0.6 is 11.3 Å². The first kappa shape index (κ1) is 8.40. The summed E-state index contributed by atoms with van der Waals surface area (Å²) < 4.78 is 12.6. The van der Waals surface area contributed by atoms with Gasteiger partial charge in [0.05, 0.1) is 12.1 Å². The minimum Gasteiger partial charge on any atom is -0.389 e. The average molecular weight is 199 g/mol. The number of hydrogen-bond acceptors (Lipinski definition) is 4. The van der Waals surface area contributed by atoms with E-state index in [9.17, 15) is 4.53 Å². The number of thiazole rings is 1. The first-order valence-corrected chi connectivity index (χ1v) is 4.44. The highest BCUT2D eigenvalue weighted by atomic mass is 32.1. The van der Waals surface area contributed by atoms with Gasteiger partial charge in [-0.15, -0.1) is 11.3 Å². The predicted octanol–water partition coefficient (Wildman–Crippen LogP) is 2.05. The van der Waals surface area contributed by atoms with Crippen LogP contribution in [-0.2, 0) is 6.61 Å². The van der Waals surface area contributed by atoms with Gasteiger partial charge in [0.15, 0.2) is 5.75 Å². The molecule has 0 radical (unpaired) electrons. The fraction of sp³-hybridized carbons (Fsp3) is 0.125. The van der Waals surface area contributed by atoms with Gasteiger partial charge in [0.2, 0.25) is 0 Å². The highest BCUT2D eigenvalue weighted by Gasteiger charge is 2.08. The highest BCUT2D eigenvalue weighted by molar-refractivity contribution is 7.18. The average Bonchev–Trinajstić information content (AvgIpc) is 2.59. The van der Waals surface area contributed by atoms with Crippen molar-refractivity contribution >= 4 is 21.6 Å². The Hall–Kier alpha value is -1.20. The molecule has 0 atom stereocenters. The Morgan fingerprint density at radius 1 is 1.54 bits per heavy atom. The number of nitrogens with zero attached hydrogens (tertiary/aromatic N) is 1. The number of benzene rings is 1. The monoisotopic (exact) mass is 199 g/mol. The fourth-order valence-electron chi connectivity index (χ4n) is 1.10. The topological polar surface area (TPSA) is 42.4 Å². The first-order valence-electron chi connectivity index (χ1n) is 3.63. The van der Waals surface area contributed by atoms with Crippen LogP contribution in [0.1, 0.15) is 5.01 Å². The molecule has 0 aliphatic carbocycles. The van der Waals surface area contributed by atoms with E-state index in [1.807, 2.05) is 0 Å². The second-order valence-corrected chi connectivity index (χ2v) is 3.53. The summed E-state index contributed by atoms with van der Waals surface area (Å²) in [5.41, 5.74) is 0.643. The summed E-state index contributed by atoms with van der Waals surface area (Å²) in [5.74, 6) is 0.148. The molecule has 2 rings (SSSR count). The fourth-order valence-corrected chi connectivity index (χ4v) is 1.96. The van der Waals surface area contributed by atoms with Crippen molar-refractivity contribution in [3.8, 4) is 5.75 Å². The Morgan fingerprint density at radius 2 is 2.38 bits per heavy atom. The minimum absolute atomic E-state index is 0.134. The summed E-state index contributed by atoms with van der Waals surface area (Å²) in [6, 6.07) is 4.91. The van der Waals surface area contributed by atoms with Crippen molar-refractivity contribution in [2.45, 2.75) is 6.61 Å². The molecule has 1 heterocycles. The van der Waals surface area contributed by atoms with Crippen LogP contribution in [0.2, 0.25) is 0 Å². The molecule has 13 heavy (non-hydrogen) atoms. The molecule has 2 aromatic rings. The van der Waals surface area contributed by atoms with E-state index in [2.05, 4.69) is 9.93 Å². The van der Waals surface area contributed by atoms with E-state index in [4.69, 9.17) is 5.11 Å². The SMILES string of the molecule is OCc1nc2cccc(OF)c2s1. The van der Waals surface area contributed by atoms with E-state index in [0.29, 0.717) is 15.2 Å². The second kappa shape index (κ2) is 3.27. The molecule has 68 valence electrons. The molecule has 0 unspecified atom stereocenters. The van der Waals surface area contributed by atoms with Crippen molar-refractivity contribution in [3.63, 3.8) is 0 Å². The maximum atomic E-state index is 12.0. The van der Waals surface area contributed by atoms with Crippen LogP contribution in [0.5, 0.6) is 5.75 Å². The lowest BCUT2D eigenvalue weighted by Gasteiger charge is -1.92. The van der Waals surface area contributed by atoms with Gasteiger partial charge >= 0.3 is 0 Å². The third kappa shape index (κ3) is 1.36. The van der Waals surface area contributed by atoms with Gasteiger partial charge in [-0.2, -0.15) is 0 Å². The van der Waals surface area contributed by atoms with Crippen LogP contribution in [0.15, 0.2) is 18.2 Å². The number of aromatic nitrogens is 1. The zero-order chi connectivity index (χ0) is 9.26. The quantitative estimate of drug-likeness (QED) is 0.804. The minimum atomic E-state index is -0.134. The molecule has 0 spiro atoms. The van der Waals surface area contributed by atoms with Crippen molar-refractivity contribution in [3.05, 3.63) is 23.2 Å². The molecule has 3 nitrogen and oxygen atoms in total. The summed E-state index contributed by atoms with van der Waals surface area (Å²) >= 11 is 1.22. The van der Waals surface area contributed by atoms with Gasteiger partial charge < -0.3 is 5.11 Å². The van der Waals surface area contributed by atoms with Crippen molar-refractivity contribution in [2.75, 3.05) is 0 Å². The molecule has 0 aliphatic heterocycles. The number of fused-ring (bicyclic) bond motifs is 1. The van der Waals surface area contributed by atoms with Crippen molar-refractivity contribution in [1.82, 2.24) is 4.98 Å². The number of hydrogen-bond donors (Lipinski definition) is 1. The Labute approximate surface area is 77.3 Å². The highest BCUT2D eigenvalue weighted by Crippen LogP contribution is 2.31. The molecule has 0 bridgehead atoms. The van der Waals surface area contributed by atoms with Crippen LogP contribution in [-0.4, -0.2) is 10.1 Å². The Morgan fingerprint density at radius 3 is 3.08 bits per heavy atom. The zero-order valence-corrected chi connectivity index (χ0v) is 7.34. The Bertz CT molecular complexity index is 429. The van der Waals surface area contributed by atoms with Gasteiger partial charge in [0.1, 0.15) is 9.71 Å². The molecule has 0 saturated heterocycles. The van der Waals surface area contributed by atoms with Gasteiger partial charge in [0.25, 0.3) is 0 Å². The van der Waals surface area contributed by atoms with Gasteiger partial charge in [-0.1, -0.05) is 6.07 Å². The standard InChI is InChI=1S/C8H6FNO2S/c9-12-6-3-1-2-5-8(6)13-7(4-11)10-5/h1-3,11H,4H2. The molecule has 0 aliphatic rings. The van der Waals surface area contributed by atoms with Crippen LogP contribution < -0.4 is 4.94 Å². The molecular formula is C8H6FNO2S. The largest absolute Gasteiger partial charge is 0.389 e. The van der Waals surface area contributed by atoms with Crippen LogP contribution in [0.25, 0.3) is 10.2 Å². The van der Waals surface area contributed by atoms with E-state index in [0.717, 1.165) is 0 Å². The summed E-state index contributed by atoms with van der Waals surface area (Å²) in [4.78, 5) is 7.74. The third-order valence-corrected chi connectivity index (χ3v) is 2.71. The summed E-state index contributed by atoms with van der Waals surface area (Å²) in [7, 11) is 0. The van der Waals surface area contributed by atoms with Crippen molar-refractivity contribution < 1.29 is 14.6 Å². The predicted molar refractivity (Wildman–Crippen MR) is 47.3 cm³/mol. The van der Waals surface area contributed by atoms with E-state index >= 15 is 0 Å². The lowest BCUT2D eigenvalue weighted by Crippen LogP contribution is -1.77. The lowest BCUT2D eigenvalue weighted by atomic mass is 10.3. The molecule has 0 saturated carbocycles. The van der Waals surface area contributed by atoms with Gasteiger partial charge in [-0.05, 0) is 12.1 Å². The lowest BCUT2D eigenvalue weighted by molar-refractivity contribution is -0.00403. The number of rotatable bonds is 2. The molecule has 5 heteroatoms. The summed E-state index contributed by atoms with van der Waals surface area (Å²) in [5, 5.41) is 9.37. The number of halogens is 1. The Balaban J connectivity index is 2.67. The van der Waals surface area contributed by atoms with E-state index < -0.39 is 0 Å².